The normalized spacial score (nSPS) is 12.7. The molecule has 0 saturated heterocycles. The van der Waals surface area contributed by atoms with Gasteiger partial charge < -0.3 is 15.2 Å². The number of ether oxygens (including phenoxy) is 1. The molecular formula is C11H23NO3. The van der Waals surface area contributed by atoms with Crippen LogP contribution in [-0.2, 0) is 9.53 Å². The maximum absolute atomic E-state index is 10.3. The molecule has 0 bridgehead atoms. The molecule has 1 unspecified atom stereocenters. The third kappa shape index (κ3) is 9.69. The highest BCUT2D eigenvalue weighted by Crippen LogP contribution is 1.99. The lowest BCUT2D eigenvalue weighted by molar-refractivity contribution is -0.137. The van der Waals surface area contributed by atoms with Gasteiger partial charge in [0.1, 0.15) is 0 Å². The molecule has 4 heteroatoms. The molecular weight excluding hydrogens is 194 g/mol. The van der Waals surface area contributed by atoms with E-state index in [0.717, 1.165) is 38.8 Å². The van der Waals surface area contributed by atoms with Crippen molar-refractivity contribution in [3.05, 3.63) is 0 Å². The van der Waals surface area contributed by atoms with Crippen LogP contribution in [0.15, 0.2) is 0 Å². The number of carboxylic acids is 1. The molecule has 0 saturated carbocycles. The zero-order valence-electron chi connectivity index (χ0n) is 9.79. The van der Waals surface area contributed by atoms with Gasteiger partial charge in [-0.15, -0.1) is 0 Å². The van der Waals surface area contributed by atoms with Gasteiger partial charge in [0, 0.05) is 19.6 Å². The third-order valence-electron chi connectivity index (χ3n) is 2.26. The molecule has 1 atom stereocenters. The Balaban J connectivity index is 3.39. The Hall–Kier alpha value is -0.610. The Kier molecular flexibility index (Phi) is 9.52. The van der Waals surface area contributed by atoms with E-state index in [1.54, 1.807) is 7.11 Å². The topological polar surface area (TPSA) is 58.6 Å². The molecule has 0 aromatic heterocycles. The van der Waals surface area contributed by atoms with E-state index in [1.165, 1.54) is 0 Å². The van der Waals surface area contributed by atoms with E-state index in [-0.39, 0.29) is 6.42 Å². The van der Waals surface area contributed by atoms with Gasteiger partial charge >= 0.3 is 5.97 Å². The second-order valence-electron chi connectivity index (χ2n) is 3.75. The molecule has 0 amide bonds. The van der Waals surface area contributed by atoms with Crippen molar-refractivity contribution in [2.75, 3.05) is 20.3 Å². The van der Waals surface area contributed by atoms with Crippen LogP contribution in [0.5, 0.6) is 0 Å². The summed E-state index contributed by atoms with van der Waals surface area (Å²) in [6.07, 6.45) is 4.16. The highest BCUT2D eigenvalue weighted by atomic mass is 16.5. The van der Waals surface area contributed by atoms with Crippen LogP contribution in [-0.4, -0.2) is 37.4 Å². The standard InChI is InChI=1S/C11H23NO3/c1-3-6-10(9-15-2)12-8-5-4-7-11(13)14/h10,12H,3-9H2,1-2H3,(H,13,14). The average Bonchev–Trinajstić information content (AvgIpc) is 2.17. The first-order chi connectivity index (χ1) is 7.20. The molecule has 4 nitrogen and oxygen atoms in total. The first-order valence-corrected chi connectivity index (χ1v) is 5.64. The molecule has 15 heavy (non-hydrogen) atoms. The fourth-order valence-electron chi connectivity index (χ4n) is 1.50. The first kappa shape index (κ1) is 14.4. The number of hydrogen-bond acceptors (Lipinski definition) is 3. The zero-order valence-corrected chi connectivity index (χ0v) is 9.79. The molecule has 2 N–H and O–H groups in total. The number of rotatable bonds is 10. The van der Waals surface area contributed by atoms with E-state index in [4.69, 9.17) is 9.84 Å². The summed E-state index contributed by atoms with van der Waals surface area (Å²) < 4.78 is 5.10. The van der Waals surface area contributed by atoms with Gasteiger partial charge in [-0.05, 0) is 25.8 Å². The predicted octanol–water partition coefficient (Wildman–Crippen LogP) is 1.65. The summed E-state index contributed by atoms with van der Waals surface area (Å²) in [6.45, 7) is 3.75. The summed E-state index contributed by atoms with van der Waals surface area (Å²) in [5.74, 6) is -0.711. The molecule has 0 aliphatic heterocycles. The molecule has 0 spiro atoms. The van der Waals surface area contributed by atoms with Crippen LogP contribution >= 0.6 is 0 Å². The van der Waals surface area contributed by atoms with Gasteiger partial charge in [-0.2, -0.15) is 0 Å². The molecule has 0 fully saturated rings. The minimum Gasteiger partial charge on any atom is -0.481 e. The molecule has 0 rings (SSSR count). The van der Waals surface area contributed by atoms with Crippen molar-refractivity contribution in [2.24, 2.45) is 0 Å². The summed E-state index contributed by atoms with van der Waals surface area (Å²) in [5, 5.41) is 11.8. The minimum absolute atomic E-state index is 0.268. The van der Waals surface area contributed by atoms with Gasteiger partial charge in [0.15, 0.2) is 0 Å². The van der Waals surface area contributed by atoms with Crippen LogP contribution in [0, 0.1) is 0 Å². The number of carboxylic acid groups (broad SMARTS) is 1. The second-order valence-corrected chi connectivity index (χ2v) is 3.75. The highest BCUT2D eigenvalue weighted by molar-refractivity contribution is 5.66. The molecule has 0 aromatic carbocycles. The summed E-state index contributed by atoms with van der Waals surface area (Å²) in [5.41, 5.74) is 0. The smallest absolute Gasteiger partial charge is 0.303 e. The summed E-state index contributed by atoms with van der Waals surface area (Å²) >= 11 is 0. The lowest BCUT2D eigenvalue weighted by atomic mass is 10.1. The van der Waals surface area contributed by atoms with Crippen molar-refractivity contribution < 1.29 is 14.6 Å². The number of methoxy groups -OCH3 is 1. The van der Waals surface area contributed by atoms with Crippen LogP contribution in [0.3, 0.4) is 0 Å². The van der Waals surface area contributed by atoms with Crippen LogP contribution < -0.4 is 5.32 Å². The SMILES string of the molecule is CCCC(COC)NCCCCC(=O)O. The van der Waals surface area contributed by atoms with Crippen molar-refractivity contribution in [1.82, 2.24) is 5.32 Å². The van der Waals surface area contributed by atoms with Crippen LogP contribution in [0.25, 0.3) is 0 Å². The van der Waals surface area contributed by atoms with Crippen molar-refractivity contribution in [3.8, 4) is 0 Å². The van der Waals surface area contributed by atoms with Gasteiger partial charge in [0.25, 0.3) is 0 Å². The molecule has 0 heterocycles. The van der Waals surface area contributed by atoms with Gasteiger partial charge in [0.2, 0.25) is 0 Å². The molecule has 0 aromatic rings. The second kappa shape index (κ2) is 9.93. The Labute approximate surface area is 92.0 Å². The van der Waals surface area contributed by atoms with E-state index < -0.39 is 5.97 Å². The van der Waals surface area contributed by atoms with Crippen molar-refractivity contribution in [2.45, 2.75) is 45.1 Å². The Morgan fingerprint density at radius 1 is 1.47 bits per heavy atom. The zero-order chi connectivity index (χ0) is 11.5. The van der Waals surface area contributed by atoms with E-state index in [2.05, 4.69) is 12.2 Å². The van der Waals surface area contributed by atoms with Crippen LogP contribution in [0.4, 0.5) is 0 Å². The van der Waals surface area contributed by atoms with Crippen molar-refractivity contribution in [1.29, 1.82) is 0 Å². The van der Waals surface area contributed by atoms with Gasteiger partial charge in [-0.25, -0.2) is 0 Å². The van der Waals surface area contributed by atoms with Gasteiger partial charge in [0.05, 0.1) is 6.61 Å². The first-order valence-electron chi connectivity index (χ1n) is 5.64. The number of nitrogens with one attached hydrogen (secondary N) is 1. The summed E-state index contributed by atoms with van der Waals surface area (Å²) in [7, 11) is 1.70. The monoisotopic (exact) mass is 217 g/mol. The highest BCUT2D eigenvalue weighted by Gasteiger charge is 2.05. The molecule has 0 aliphatic rings. The number of aliphatic carboxylic acids is 1. The largest absolute Gasteiger partial charge is 0.481 e. The fourth-order valence-corrected chi connectivity index (χ4v) is 1.50. The van der Waals surface area contributed by atoms with Gasteiger partial charge in [-0.3, -0.25) is 4.79 Å². The quantitative estimate of drug-likeness (QED) is 0.546. The maximum atomic E-state index is 10.3. The van der Waals surface area contributed by atoms with E-state index >= 15 is 0 Å². The average molecular weight is 217 g/mol. The third-order valence-corrected chi connectivity index (χ3v) is 2.26. The lowest BCUT2D eigenvalue weighted by Gasteiger charge is -2.16. The van der Waals surface area contributed by atoms with E-state index in [0.29, 0.717) is 6.04 Å². The Bertz CT molecular complexity index is 156. The predicted molar refractivity (Wildman–Crippen MR) is 60.1 cm³/mol. The molecule has 0 aliphatic carbocycles. The minimum atomic E-state index is -0.711. The van der Waals surface area contributed by atoms with E-state index in [9.17, 15) is 4.79 Å². The number of hydrogen-bond donors (Lipinski definition) is 2. The maximum Gasteiger partial charge on any atom is 0.303 e. The number of carbonyl (C=O) groups is 1. The van der Waals surface area contributed by atoms with Crippen LogP contribution in [0.1, 0.15) is 39.0 Å². The Morgan fingerprint density at radius 2 is 2.20 bits per heavy atom. The molecule has 0 radical (unpaired) electrons. The summed E-state index contributed by atoms with van der Waals surface area (Å²) in [6, 6.07) is 0.407. The Morgan fingerprint density at radius 3 is 2.73 bits per heavy atom. The van der Waals surface area contributed by atoms with Gasteiger partial charge in [-0.1, -0.05) is 13.3 Å². The fraction of sp³-hybridized carbons (Fsp3) is 0.909. The lowest BCUT2D eigenvalue weighted by Crippen LogP contribution is -2.33. The number of unbranched alkanes of at least 4 members (excludes halogenated alkanes) is 1. The summed E-state index contributed by atoms with van der Waals surface area (Å²) in [4.78, 5) is 10.3. The van der Waals surface area contributed by atoms with Crippen molar-refractivity contribution >= 4 is 5.97 Å². The van der Waals surface area contributed by atoms with E-state index in [1.807, 2.05) is 0 Å². The van der Waals surface area contributed by atoms with Crippen molar-refractivity contribution in [3.63, 3.8) is 0 Å². The van der Waals surface area contributed by atoms with Crippen LogP contribution in [0.2, 0.25) is 0 Å². The molecule has 90 valence electrons.